The van der Waals surface area contributed by atoms with Crippen LogP contribution in [0.4, 0.5) is 0 Å². The van der Waals surface area contributed by atoms with Crippen LogP contribution in [-0.4, -0.2) is 45.7 Å². The number of primary amides is 1. The molecule has 1 aliphatic rings. The molecule has 3 N–H and O–H groups in total. The van der Waals surface area contributed by atoms with Gasteiger partial charge in [0.2, 0.25) is 5.91 Å². The number of hydrogen-bond donors (Lipinski definition) is 2. The highest BCUT2D eigenvalue weighted by Crippen LogP contribution is 2.38. The van der Waals surface area contributed by atoms with Gasteiger partial charge in [0.1, 0.15) is 11.2 Å². The van der Waals surface area contributed by atoms with E-state index in [4.69, 9.17) is 33.7 Å². The monoisotopic (exact) mass is 504 g/mol. The van der Waals surface area contributed by atoms with Crippen molar-refractivity contribution < 1.29 is 14.3 Å². The Bertz CT molecular complexity index is 1190. The van der Waals surface area contributed by atoms with Crippen molar-refractivity contribution in [3.63, 3.8) is 0 Å². The maximum Gasteiger partial charge on any atom is 0.276 e. The Balaban J connectivity index is 1.86. The quantitative estimate of drug-likeness (QED) is 0.520. The SMILES string of the molecule is COc1c(C(=O)NC2(C(N)=O)CCSCC2)nn(-c2ccccc2Cl)c1-c1ccc(Cl)cc1. The van der Waals surface area contributed by atoms with Crippen LogP contribution in [0, 0.1) is 0 Å². The molecule has 0 radical (unpaired) electrons. The summed E-state index contributed by atoms with van der Waals surface area (Å²) < 4.78 is 7.23. The largest absolute Gasteiger partial charge is 0.492 e. The smallest absolute Gasteiger partial charge is 0.276 e. The summed E-state index contributed by atoms with van der Waals surface area (Å²) in [6.07, 6.45) is 0.909. The number of carbonyl (C=O) groups excluding carboxylic acids is 2. The van der Waals surface area contributed by atoms with Gasteiger partial charge in [0, 0.05) is 10.6 Å². The molecule has 2 heterocycles. The Hall–Kier alpha value is -2.68. The first kappa shape index (κ1) is 23.5. The second-order valence-electron chi connectivity index (χ2n) is 7.61. The lowest BCUT2D eigenvalue weighted by Gasteiger charge is -2.34. The van der Waals surface area contributed by atoms with Gasteiger partial charge in [-0.3, -0.25) is 9.59 Å². The van der Waals surface area contributed by atoms with Crippen molar-refractivity contribution in [3.05, 3.63) is 64.3 Å². The third-order valence-corrected chi connectivity index (χ3v) is 7.19. The number of amides is 2. The number of rotatable bonds is 6. The van der Waals surface area contributed by atoms with Gasteiger partial charge in [-0.05, 0) is 48.6 Å². The number of methoxy groups -OCH3 is 1. The molecule has 2 aromatic carbocycles. The standard InChI is InChI=1S/C23H22Cl2N4O3S/c1-32-20-18(21(30)27-23(22(26)31)10-12-33-13-11-23)28-29(17-5-3-2-4-16(17)25)19(20)14-6-8-15(24)9-7-14/h2-9H,10-13H2,1H3,(H2,26,31)(H,27,30). The minimum atomic E-state index is -1.12. The summed E-state index contributed by atoms with van der Waals surface area (Å²) in [7, 11) is 1.46. The van der Waals surface area contributed by atoms with Crippen molar-refractivity contribution in [3.8, 4) is 22.7 Å². The van der Waals surface area contributed by atoms with Crippen LogP contribution in [-0.2, 0) is 4.79 Å². The molecule has 0 spiro atoms. The fourth-order valence-corrected chi connectivity index (χ4v) is 5.37. The lowest BCUT2D eigenvalue weighted by Crippen LogP contribution is -2.59. The Morgan fingerprint density at radius 3 is 2.39 bits per heavy atom. The fourth-order valence-electron chi connectivity index (χ4n) is 3.83. The highest BCUT2D eigenvalue weighted by molar-refractivity contribution is 7.99. The van der Waals surface area contributed by atoms with Gasteiger partial charge in [0.05, 0.1) is 17.8 Å². The summed E-state index contributed by atoms with van der Waals surface area (Å²) in [6, 6.07) is 14.2. The molecule has 1 aliphatic heterocycles. The second-order valence-corrected chi connectivity index (χ2v) is 9.68. The molecule has 0 atom stereocenters. The summed E-state index contributed by atoms with van der Waals surface area (Å²) in [5, 5.41) is 8.44. The van der Waals surface area contributed by atoms with Crippen molar-refractivity contribution in [1.82, 2.24) is 15.1 Å². The minimum absolute atomic E-state index is 0.0289. The molecule has 172 valence electrons. The molecule has 7 nitrogen and oxygen atoms in total. The van der Waals surface area contributed by atoms with E-state index in [-0.39, 0.29) is 11.4 Å². The summed E-state index contributed by atoms with van der Waals surface area (Å²) in [4.78, 5) is 25.7. The lowest BCUT2D eigenvalue weighted by atomic mass is 9.91. The van der Waals surface area contributed by atoms with E-state index in [0.29, 0.717) is 34.3 Å². The molecule has 33 heavy (non-hydrogen) atoms. The summed E-state index contributed by atoms with van der Waals surface area (Å²) in [6.45, 7) is 0. The van der Waals surface area contributed by atoms with E-state index in [1.54, 1.807) is 58.9 Å². The molecule has 4 rings (SSSR count). The van der Waals surface area contributed by atoms with Gasteiger partial charge in [0.15, 0.2) is 11.4 Å². The predicted octanol–water partition coefficient (Wildman–Crippen LogP) is 4.34. The number of ether oxygens (including phenoxy) is 1. The van der Waals surface area contributed by atoms with Crippen LogP contribution in [0.2, 0.25) is 10.0 Å². The van der Waals surface area contributed by atoms with Crippen LogP contribution in [0.1, 0.15) is 23.3 Å². The van der Waals surface area contributed by atoms with Crippen LogP contribution in [0.5, 0.6) is 5.75 Å². The van der Waals surface area contributed by atoms with E-state index < -0.39 is 17.4 Å². The number of benzene rings is 2. The van der Waals surface area contributed by atoms with E-state index in [0.717, 1.165) is 17.1 Å². The Labute approximate surface area is 205 Å². The first-order chi connectivity index (χ1) is 15.9. The number of thioether (sulfide) groups is 1. The van der Waals surface area contributed by atoms with E-state index in [9.17, 15) is 9.59 Å². The third kappa shape index (κ3) is 4.55. The molecule has 0 saturated carbocycles. The summed E-state index contributed by atoms with van der Waals surface area (Å²) >= 11 is 14.3. The molecule has 0 bridgehead atoms. The van der Waals surface area contributed by atoms with Gasteiger partial charge in [0.25, 0.3) is 5.91 Å². The number of nitrogens with zero attached hydrogens (tertiary/aromatic N) is 2. The van der Waals surface area contributed by atoms with E-state index in [1.165, 1.54) is 7.11 Å². The van der Waals surface area contributed by atoms with Crippen LogP contribution in [0.15, 0.2) is 48.5 Å². The lowest BCUT2D eigenvalue weighted by molar-refractivity contribution is -0.124. The molecular formula is C23H22Cl2N4O3S. The Morgan fingerprint density at radius 1 is 1.12 bits per heavy atom. The van der Waals surface area contributed by atoms with Gasteiger partial charge in [-0.1, -0.05) is 47.5 Å². The normalized spacial score (nSPS) is 15.1. The van der Waals surface area contributed by atoms with Crippen molar-refractivity contribution in [1.29, 1.82) is 0 Å². The number of hydrogen-bond acceptors (Lipinski definition) is 5. The highest BCUT2D eigenvalue weighted by Gasteiger charge is 2.41. The molecule has 0 unspecified atom stereocenters. The summed E-state index contributed by atoms with van der Waals surface area (Å²) in [5.41, 5.74) is 6.43. The molecule has 1 fully saturated rings. The van der Waals surface area contributed by atoms with E-state index >= 15 is 0 Å². The van der Waals surface area contributed by atoms with Crippen LogP contribution >= 0.6 is 35.0 Å². The first-order valence-corrected chi connectivity index (χ1v) is 12.2. The highest BCUT2D eigenvalue weighted by atomic mass is 35.5. The minimum Gasteiger partial charge on any atom is -0.492 e. The average molecular weight is 505 g/mol. The molecule has 2 amide bonds. The predicted molar refractivity (Wildman–Crippen MR) is 132 cm³/mol. The van der Waals surface area contributed by atoms with Crippen LogP contribution in [0.25, 0.3) is 16.9 Å². The zero-order valence-corrected chi connectivity index (χ0v) is 20.1. The summed E-state index contributed by atoms with van der Waals surface area (Å²) in [5.74, 6) is 0.603. The van der Waals surface area contributed by atoms with Gasteiger partial charge < -0.3 is 15.8 Å². The van der Waals surface area contributed by atoms with Crippen LogP contribution in [0.3, 0.4) is 0 Å². The fraction of sp³-hybridized carbons (Fsp3) is 0.261. The van der Waals surface area contributed by atoms with Crippen molar-refractivity contribution in [2.75, 3.05) is 18.6 Å². The maximum atomic E-state index is 13.4. The molecule has 3 aromatic rings. The Morgan fingerprint density at radius 2 is 1.79 bits per heavy atom. The number of carbonyl (C=O) groups is 2. The zero-order chi connectivity index (χ0) is 23.6. The number of para-hydroxylation sites is 1. The van der Waals surface area contributed by atoms with Gasteiger partial charge in [-0.25, -0.2) is 4.68 Å². The topological polar surface area (TPSA) is 99.2 Å². The molecule has 0 aliphatic carbocycles. The second kappa shape index (κ2) is 9.67. The average Bonchev–Trinajstić information content (AvgIpc) is 3.20. The Kier molecular flexibility index (Phi) is 6.88. The number of aromatic nitrogens is 2. The third-order valence-electron chi connectivity index (χ3n) is 5.63. The number of nitrogens with one attached hydrogen (secondary N) is 1. The van der Waals surface area contributed by atoms with Gasteiger partial charge in [-0.2, -0.15) is 16.9 Å². The number of nitrogens with two attached hydrogens (primary N) is 1. The van der Waals surface area contributed by atoms with Crippen LogP contribution < -0.4 is 15.8 Å². The zero-order valence-electron chi connectivity index (χ0n) is 17.8. The number of halogens is 2. The molecule has 10 heteroatoms. The van der Waals surface area contributed by atoms with Gasteiger partial charge >= 0.3 is 0 Å². The van der Waals surface area contributed by atoms with Gasteiger partial charge in [-0.15, -0.1) is 0 Å². The maximum absolute atomic E-state index is 13.4. The molecule has 1 aromatic heterocycles. The molecular weight excluding hydrogens is 483 g/mol. The van der Waals surface area contributed by atoms with Crippen molar-refractivity contribution in [2.45, 2.75) is 18.4 Å². The molecule has 1 saturated heterocycles. The van der Waals surface area contributed by atoms with Crippen molar-refractivity contribution >= 4 is 46.8 Å². The van der Waals surface area contributed by atoms with E-state index in [1.807, 2.05) is 6.07 Å². The first-order valence-electron chi connectivity index (χ1n) is 10.2. The van der Waals surface area contributed by atoms with E-state index in [2.05, 4.69) is 10.4 Å². The van der Waals surface area contributed by atoms with Crippen molar-refractivity contribution in [2.24, 2.45) is 5.73 Å².